The zero-order chi connectivity index (χ0) is 18.2. The third-order valence-electron chi connectivity index (χ3n) is 4.69. The topological polar surface area (TPSA) is 75.2 Å². The van der Waals surface area contributed by atoms with E-state index in [1.807, 2.05) is 31.0 Å². The van der Waals surface area contributed by atoms with Gasteiger partial charge in [0.2, 0.25) is 5.95 Å². The average molecular weight is 360 g/mol. The summed E-state index contributed by atoms with van der Waals surface area (Å²) >= 11 is 0. The molecule has 0 radical (unpaired) electrons. The molecule has 2 aromatic rings. The Morgan fingerprint density at radius 2 is 1.88 bits per heavy atom. The lowest BCUT2D eigenvalue weighted by molar-refractivity contribution is 0.600. The molecular weight excluding hydrogens is 336 g/mol. The Bertz CT molecular complexity index is 896. The molecule has 1 unspecified atom stereocenters. The summed E-state index contributed by atoms with van der Waals surface area (Å²) < 4.78 is 23.5. The van der Waals surface area contributed by atoms with Gasteiger partial charge in [-0.25, -0.2) is 13.4 Å². The van der Waals surface area contributed by atoms with Gasteiger partial charge in [0, 0.05) is 30.5 Å². The minimum Gasteiger partial charge on any atom is -0.340 e. The van der Waals surface area contributed by atoms with Gasteiger partial charge < -0.3 is 10.2 Å². The average Bonchev–Trinajstić information content (AvgIpc) is 2.90. The molecule has 1 saturated heterocycles. The molecule has 1 aliphatic rings. The highest BCUT2D eigenvalue weighted by atomic mass is 32.2. The van der Waals surface area contributed by atoms with E-state index in [1.165, 1.54) is 11.1 Å². The van der Waals surface area contributed by atoms with Crippen LogP contribution in [0.5, 0.6) is 0 Å². The second-order valence-corrected chi connectivity index (χ2v) is 9.02. The van der Waals surface area contributed by atoms with Crippen LogP contribution in [0.2, 0.25) is 0 Å². The van der Waals surface area contributed by atoms with Gasteiger partial charge in [-0.1, -0.05) is 6.07 Å². The molecule has 1 aromatic carbocycles. The van der Waals surface area contributed by atoms with Gasteiger partial charge in [-0.3, -0.25) is 0 Å². The summed E-state index contributed by atoms with van der Waals surface area (Å²) in [5, 5.41) is 3.32. The van der Waals surface area contributed by atoms with Crippen molar-refractivity contribution >= 4 is 27.3 Å². The van der Waals surface area contributed by atoms with Gasteiger partial charge in [0.15, 0.2) is 9.84 Å². The predicted octanol–water partition coefficient (Wildman–Crippen LogP) is 2.77. The summed E-state index contributed by atoms with van der Waals surface area (Å²) in [5.74, 6) is 1.66. The first-order valence-corrected chi connectivity index (χ1v) is 10.2. The van der Waals surface area contributed by atoms with Gasteiger partial charge in [-0.05, 0) is 50.5 Å². The molecule has 1 fully saturated rings. The second kappa shape index (κ2) is 6.63. The van der Waals surface area contributed by atoms with Crippen LogP contribution in [0.15, 0.2) is 24.3 Å². The van der Waals surface area contributed by atoms with Crippen molar-refractivity contribution in [2.24, 2.45) is 0 Å². The van der Waals surface area contributed by atoms with Gasteiger partial charge in [0.1, 0.15) is 5.82 Å². The van der Waals surface area contributed by atoms with Crippen molar-refractivity contribution in [1.82, 2.24) is 9.97 Å². The lowest BCUT2D eigenvalue weighted by Gasteiger charge is -2.24. The molecule has 6 nitrogen and oxygen atoms in total. The Morgan fingerprint density at radius 1 is 1.12 bits per heavy atom. The maximum atomic E-state index is 11.7. The highest BCUT2D eigenvalue weighted by Gasteiger charge is 2.31. The van der Waals surface area contributed by atoms with Crippen molar-refractivity contribution in [2.75, 3.05) is 28.8 Å². The van der Waals surface area contributed by atoms with Gasteiger partial charge in [0.25, 0.3) is 0 Å². The number of sulfone groups is 1. The van der Waals surface area contributed by atoms with Crippen molar-refractivity contribution in [3.05, 3.63) is 41.1 Å². The van der Waals surface area contributed by atoms with Gasteiger partial charge in [-0.15, -0.1) is 0 Å². The number of hydrogen-bond donors (Lipinski definition) is 1. The van der Waals surface area contributed by atoms with Crippen molar-refractivity contribution in [1.29, 1.82) is 0 Å². The number of anilines is 3. The van der Waals surface area contributed by atoms with Gasteiger partial charge in [-0.2, -0.15) is 4.98 Å². The summed E-state index contributed by atoms with van der Waals surface area (Å²) in [4.78, 5) is 10.9. The fourth-order valence-corrected chi connectivity index (χ4v) is 4.76. The smallest absolute Gasteiger partial charge is 0.227 e. The minimum atomic E-state index is -2.94. The lowest BCUT2D eigenvalue weighted by atomic mass is 10.1. The molecule has 1 aromatic heterocycles. The normalized spacial score (nSPS) is 19.0. The van der Waals surface area contributed by atoms with Gasteiger partial charge >= 0.3 is 0 Å². The molecule has 3 rings (SSSR count). The number of rotatable bonds is 4. The largest absolute Gasteiger partial charge is 0.340 e. The summed E-state index contributed by atoms with van der Waals surface area (Å²) in [6.07, 6.45) is 0.621. The Hall–Kier alpha value is -2.15. The maximum absolute atomic E-state index is 11.7. The monoisotopic (exact) mass is 360 g/mol. The summed E-state index contributed by atoms with van der Waals surface area (Å²) in [6, 6.07) is 7.99. The zero-order valence-electron chi connectivity index (χ0n) is 15.1. The number of nitrogens with one attached hydrogen (secondary N) is 1. The summed E-state index contributed by atoms with van der Waals surface area (Å²) in [5.41, 5.74) is 4.26. The van der Waals surface area contributed by atoms with Crippen LogP contribution < -0.4 is 10.2 Å². The number of benzene rings is 1. The molecule has 0 amide bonds. The van der Waals surface area contributed by atoms with E-state index in [9.17, 15) is 8.42 Å². The van der Waals surface area contributed by atoms with E-state index < -0.39 is 9.84 Å². The van der Waals surface area contributed by atoms with E-state index in [0.717, 1.165) is 11.4 Å². The summed E-state index contributed by atoms with van der Waals surface area (Å²) in [7, 11) is -1.08. The summed E-state index contributed by atoms with van der Waals surface area (Å²) in [6.45, 7) is 6.07. The first-order chi connectivity index (χ1) is 11.7. The van der Waals surface area contributed by atoms with Crippen LogP contribution in [-0.4, -0.2) is 43.0 Å². The Balaban J connectivity index is 1.84. The van der Waals surface area contributed by atoms with Gasteiger partial charge in [0.05, 0.1) is 11.5 Å². The van der Waals surface area contributed by atoms with E-state index in [4.69, 9.17) is 0 Å². The van der Waals surface area contributed by atoms with Crippen LogP contribution >= 0.6 is 0 Å². The maximum Gasteiger partial charge on any atom is 0.227 e. The quantitative estimate of drug-likeness (QED) is 0.904. The highest BCUT2D eigenvalue weighted by molar-refractivity contribution is 7.91. The number of hydrogen-bond acceptors (Lipinski definition) is 6. The fourth-order valence-electron chi connectivity index (χ4n) is 2.99. The molecule has 0 bridgehead atoms. The molecule has 1 N–H and O–H groups in total. The minimum absolute atomic E-state index is 0.0683. The third-order valence-corrected chi connectivity index (χ3v) is 6.44. The Labute approximate surface area is 149 Å². The zero-order valence-corrected chi connectivity index (χ0v) is 15.9. The van der Waals surface area contributed by atoms with Crippen LogP contribution in [0.1, 0.15) is 23.2 Å². The molecule has 1 atom stereocenters. The molecule has 0 saturated carbocycles. The first kappa shape index (κ1) is 17.7. The van der Waals surface area contributed by atoms with E-state index >= 15 is 0 Å². The van der Waals surface area contributed by atoms with Crippen molar-refractivity contribution in [3.63, 3.8) is 0 Å². The highest BCUT2D eigenvalue weighted by Crippen LogP contribution is 2.24. The van der Waals surface area contributed by atoms with Crippen molar-refractivity contribution in [3.8, 4) is 0 Å². The third kappa shape index (κ3) is 4.10. The second-order valence-electron chi connectivity index (χ2n) is 6.79. The van der Waals surface area contributed by atoms with E-state index in [1.54, 1.807) is 0 Å². The number of nitrogens with zero attached hydrogens (tertiary/aromatic N) is 3. The van der Waals surface area contributed by atoms with Crippen LogP contribution in [0.4, 0.5) is 17.5 Å². The van der Waals surface area contributed by atoms with Crippen LogP contribution in [-0.2, 0) is 9.84 Å². The molecule has 25 heavy (non-hydrogen) atoms. The van der Waals surface area contributed by atoms with Crippen molar-refractivity contribution < 1.29 is 8.42 Å². The molecular formula is C18H24N4O2S. The van der Waals surface area contributed by atoms with Crippen LogP contribution in [0.3, 0.4) is 0 Å². The number of aryl methyl sites for hydroxylation is 3. The van der Waals surface area contributed by atoms with E-state index in [-0.39, 0.29) is 17.5 Å². The molecule has 134 valence electrons. The molecule has 1 aliphatic heterocycles. The van der Waals surface area contributed by atoms with Crippen LogP contribution in [0.25, 0.3) is 0 Å². The SMILES string of the molecule is Cc1cc(Nc2ccc(C)c(C)c2)nc(N(C)C2CCS(=O)(=O)C2)n1. The molecule has 2 heterocycles. The standard InChI is InChI=1S/C18H24N4O2S/c1-12-5-6-15(9-13(12)2)20-17-10-14(3)19-18(21-17)22(4)16-7-8-25(23,24)11-16/h5-6,9-10,16H,7-8,11H2,1-4H3,(H,19,20,21). The predicted molar refractivity (Wildman–Crippen MR) is 101 cm³/mol. The molecule has 7 heteroatoms. The molecule has 0 aliphatic carbocycles. The fraction of sp³-hybridized carbons (Fsp3) is 0.444. The Morgan fingerprint density at radius 3 is 2.52 bits per heavy atom. The Kier molecular flexibility index (Phi) is 4.69. The van der Waals surface area contributed by atoms with E-state index in [2.05, 4.69) is 41.3 Å². The molecule has 0 spiro atoms. The lowest BCUT2D eigenvalue weighted by Crippen LogP contribution is -2.34. The van der Waals surface area contributed by atoms with E-state index in [0.29, 0.717) is 18.2 Å². The van der Waals surface area contributed by atoms with Crippen LogP contribution in [0, 0.1) is 20.8 Å². The number of aromatic nitrogens is 2. The van der Waals surface area contributed by atoms with Crippen molar-refractivity contribution in [2.45, 2.75) is 33.2 Å². The first-order valence-electron chi connectivity index (χ1n) is 8.37.